The van der Waals surface area contributed by atoms with Gasteiger partial charge in [0.05, 0.1) is 12.6 Å². The van der Waals surface area contributed by atoms with E-state index in [0.717, 1.165) is 5.56 Å². The van der Waals surface area contributed by atoms with Crippen molar-refractivity contribution in [3.63, 3.8) is 0 Å². The molecule has 1 aliphatic heterocycles. The molecule has 1 aromatic carbocycles. The van der Waals surface area contributed by atoms with Crippen LogP contribution in [0.3, 0.4) is 0 Å². The van der Waals surface area contributed by atoms with Crippen molar-refractivity contribution in [2.24, 2.45) is 0 Å². The Labute approximate surface area is 228 Å². The zero-order chi connectivity index (χ0) is 29.0. The van der Waals surface area contributed by atoms with Gasteiger partial charge in [0.2, 0.25) is 23.6 Å². The highest BCUT2D eigenvalue weighted by molar-refractivity contribution is 7.40. The second-order valence-corrected chi connectivity index (χ2v) is 8.95. The fourth-order valence-electron chi connectivity index (χ4n) is 3.21. The van der Waals surface area contributed by atoms with Crippen LogP contribution in [0.2, 0.25) is 0 Å². The van der Waals surface area contributed by atoms with Gasteiger partial charge in [-0.2, -0.15) is 11.0 Å². The van der Waals surface area contributed by atoms with E-state index in [9.17, 15) is 28.8 Å². The molecule has 0 saturated carbocycles. The number of imide groups is 1. The van der Waals surface area contributed by atoms with Crippen molar-refractivity contribution in [1.82, 2.24) is 21.2 Å². The Morgan fingerprint density at radius 3 is 2.28 bits per heavy atom. The summed E-state index contributed by atoms with van der Waals surface area (Å²) >= 11 is 0. The molecule has 1 fully saturated rings. The number of amides is 4. The van der Waals surface area contributed by atoms with E-state index in [1.54, 1.807) is 29.7 Å². The SMILES string of the molecule is O=C(COCC(=O)Nc1ccc(CCC(=O)N2CCC2=O)cc1)NCCCC[C@H](NO)C(=O)P.O=CCNO. The molecule has 1 heterocycles. The Morgan fingerprint density at radius 2 is 1.77 bits per heavy atom. The highest BCUT2D eigenvalue weighted by atomic mass is 31.0. The van der Waals surface area contributed by atoms with Crippen molar-refractivity contribution in [1.29, 1.82) is 0 Å². The molecule has 216 valence electrons. The number of nitrogens with zero attached hydrogens (tertiary/aromatic N) is 1. The van der Waals surface area contributed by atoms with E-state index in [4.69, 9.17) is 15.2 Å². The number of hydrogen-bond acceptors (Lipinski definition) is 11. The second kappa shape index (κ2) is 19.9. The number of hydroxylamine groups is 2. The first-order valence-corrected chi connectivity index (χ1v) is 12.9. The molecule has 0 radical (unpaired) electrons. The van der Waals surface area contributed by atoms with Crippen LogP contribution in [0.15, 0.2) is 24.3 Å². The average Bonchev–Trinajstić information content (AvgIpc) is 2.90. The summed E-state index contributed by atoms with van der Waals surface area (Å²) in [7, 11) is 2.01. The minimum Gasteiger partial charge on any atom is -0.362 e. The number of likely N-dealkylation sites (tertiary alicyclic amines) is 1. The van der Waals surface area contributed by atoms with Gasteiger partial charge in [-0.05, 0) is 43.4 Å². The monoisotopic (exact) mass is 569 g/mol. The number of aryl methyl sites for hydroxylation is 1. The van der Waals surface area contributed by atoms with E-state index in [-0.39, 0.29) is 49.4 Å². The third-order valence-corrected chi connectivity index (χ3v) is 5.80. The molecule has 2 atom stereocenters. The molecule has 14 nitrogen and oxygen atoms in total. The highest BCUT2D eigenvalue weighted by Crippen LogP contribution is 2.14. The number of ether oxygens (including phenoxy) is 1. The summed E-state index contributed by atoms with van der Waals surface area (Å²) in [5.41, 5.74) is 4.83. The maximum atomic E-state index is 12.0. The molecule has 0 bridgehead atoms. The largest absolute Gasteiger partial charge is 0.362 e. The fourth-order valence-corrected chi connectivity index (χ4v) is 3.45. The van der Waals surface area contributed by atoms with Crippen LogP contribution in [0.4, 0.5) is 5.69 Å². The molecule has 1 unspecified atom stereocenters. The van der Waals surface area contributed by atoms with E-state index < -0.39 is 11.9 Å². The molecule has 1 aliphatic rings. The van der Waals surface area contributed by atoms with Crippen molar-refractivity contribution in [2.45, 2.75) is 44.6 Å². The van der Waals surface area contributed by atoms with Crippen LogP contribution in [-0.2, 0) is 39.9 Å². The van der Waals surface area contributed by atoms with Crippen LogP contribution in [0.5, 0.6) is 0 Å². The molecule has 4 amide bonds. The van der Waals surface area contributed by atoms with Crippen molar-refractivity contribution >= 4 is 50.4 Å². The van der Waals surface area contributed by atoms with E-state index in [1.807, 2.05) is 14.7 Å². The predicted octanol–water partition coefficient (Wildman–Crippen LogP) is -0.467. The summed E-state index contributed by atoms with van der Waals surface area (Å²) < 4.78 is 5.13. The Morgan fingerprint density at radius 1 is 1.08 bits per heavy atom. The summed E-state index contributed by atoms with van der Waals surface area (Å²) in [5, 5.41) is 21.7. The number of benzene rings is 1. The van der Waals surface area contributed by atoms with Crippen LogP contribution in [-0.4, -0.2) is 89.6 Å². The zero-order valence-corrected chi connectivity index (χ0v) is 22.7. The number of carbonyl (C=O) groups excluding carboxylic acids is 6. The summed E-state index contributed by atoms with van der Waals surface area (Å²) in [6.45, 7) is 0.361. The first kappa shape index (κ1) is 33.9. The number of unbranched alkanes of at least 4 members (excludes halogenated alkanes) is 1. The number of carbonyl (C=O) groups is 6. The summed E-state index contributed by atoms with van der Waals surface area (Å²) in [6, 6.07) is 6.37. The summed E-state index contributed by atoms with van der Waals surface area (Å²) in [5.74, 6) is -1.06. The fraction of sp³-hybridized carbons (Fsp3) is 0.500. The first-order valence-electron chi connectivity index (χ1n) is 12.3. The first-order chi connectivity index (χ1) is 18.7. The third-order valence-electron chi connectivity index (χ3n) is 5.40. The Kier molecular flexibility index (Phi) is 17.3. The molecule has 0 aromatic heterocycles. The second-order valence-electron chi connectivity index (χ2n) is 8.39. The molecule has 6 N–H and O–H groups in total. The molecule has 1 saturated heterocycles. The Balaban J connectivity index is 0.00000139. The van der Waals surface area contributed by atoms with E-state index in [0.29, 0.717) is 57.2 Å². The highest BCUT2D eigenvalue weighted by Gasteiger charge is 2.29. The molecule has 0 aliphatic carbocycles. The van der Waals surface area contributed by atoms with Crippen molar-refractivity contribution < 1.29 is 43.9 Å². The lowest BCUT2D eigenvalue weighted by Gasteiger charge is -2.28. The van der Waals surface area contributed by atoms with Crippen molar-refractivity contribution in [3.8, 4) is 0 Å². The number of β-lactam (4-membered cyclic amide) rings is 1. The number of anilines is 1. The van der Waals surface area contributed by atoms with Gasteiger partial charge in [0, 0.05) is 31.6 Å². The lowest BCUT2D eigenvalue weighted by molar-refractivity contribution is -0.152. The molecule has 1 aromatic rings. The molecule has 39 heavy (non-hydrogen) atoms. The van der Waals surface area contributed by atoms with Gasteiger partial charge >= 0.3 is 0 Å². The minimum atomic E-state index is -0.634. The third kappa shape index (κ3) is 14.6. The lowest BCUT2D eigenvalue weighted by atomic mass is 10.1. The normalized spacial score (nSPS) is 12.9. The quantitative estimate of drug-likeness (QED) is 0.0465. The van der Waals surface area contributed by atoms with Gasteiger partial charge in [0.15, 0.2) is 5.52 Å². The molecular weight excluding hydrogens is 533 g/mol. The molecule has 15 heteroatoms. The van der Waals surface area contributed by atoms with Gasteiger partial charge in [0.25, 0.3) is 0 Å². The topological polar surface area (TPSA) is 203 Å². The van der Waals surface area contributed by atoms with Gasteiger partial charge in [0.1, 0.15) is 19.5 Å². The smallest absolute Gasteiger partial charge is 0.250 e. The lowest BCUT2D eigenvalue weighted by Crippen LogP contribution is -2.47. The van der Waals surface area contributed by atoms with E-state index in [1.165, 1.54) is 4.90 Å². The van der Waals surface area contributed by atoms with E-state index >= 15 is 0 Å². The molecule has 0 spiro atoms. The number of hydrogen-bond donors (Lipinski definition) is 6. The van der Waals surface area contributed by atoms with Crippen LogP contribution >= 0.6 is 9.24 Å². The average molecular weight is 570 g/mol. The van der Waals surface area contributed by atoms with Gasteiger partial charge in [-0.1, -0.05) is 21.4 Å². The van der Waals surface area contributed by atoms with Crippen LogP contribution in [0, 0.1) is 0 Å². The standard InChI is InChI=1S/C22H31N4O7P.C2H5NO2/c27-18(23-11-2-1-3-17(25-32)22(31)34)13-33-14-19(28)24-16-7-4-15(5-8-16)6-9-20(29)26-12-10-21(26)30;4-2-1-3-5/h4-5,7-8,17,25,32H,1-3,6,9-14,34H2,(H,23,27)(H,24,28);2-3,5H,1H2/t17-;/m0./s1. The van der Waals surface area contributed by atoms with Crippen molar-refractivity contribution in [2.75, 3.05) is 38.2 Å². The number of aldehydes is 1. The van der Waals surface area contributed by atoms with Crippen molar-refractivity contribution in [3.05, 3.63) is 29.8 Å². The Bertz CT molecular complexity index is 962. The van der Waals surface area contributed by atoms with Gasteiger partial charge in [-0.3, -0.25) is 28.9 Å². The van der Waals surface area contributed by atoms with Gasteiger partial charge in [-0.25, -0.2) is 0 Å². The van der Waals surface area contributed by atoms with Crippen LogP contribution in [0.25, 0.3) is 0 Å². The van der Waals surface area contributed by atoms with Crippen LogP contribution < -0.4 is 21.6 Å². The summed E-state index contributed by atoms with van der Waals surface area (Å²) in [6.07, 6.45) is 3.47. The van der Waals surface area contributed by atoms with Gasteiger partial charge < -0.3 is 30.6 Å². The molecule has 2 rings (SSSR count). The minimum absolute atomic E-state index is 0.0139. The van der Waals surface area contributed by atoms with Gasteiger partial charge in [-0.15, -0.1) is 0 Å². The van der Waals surface area contributed by atoms with E-state index in [2.05, 4.69) is 10.6 Å². The number of nitrogens with one attached hydrogen (secondary N) is 4. The number of rotatable bonds is 17. The summed E-state index contributed by atoms with van der Waals surface area (Å²) in [4.78, 5) is 68.5. The maximum Gasteiger partial charge on any atom is 0.250 e. The maximum absolute atomic E-state index is 12.0. The molecular formula is C24H36N5O9P. The predicted molar refractivity (Wildman–Crippen MR) is 142 cm³/mol. The van der Waals surface area contributed by atoms with Crippen LogP contribution in [0.1, 0.15) is 37.7 Å². The zero-order valence-electron chi connectivity index (χ0n) is 21.5. The Hall–Kier alpha value is -3.13.